The third kappa shape index (κ3) is 3.13. The number of aryl methyl sites for hydroxylation is 2. The molecule has 0 aromatic carbocycles. The van der Waals surface area contributed by atoms with Crippen LogP contribution in [-0.2, 0) is 0 Å². The molecule has 0 aliphatic rings. The summed E-state index contributed by atoms with van der Waals surface area (Å²) in [5, 5.41) is 0. The smallest absolute Gasteiger partial charge is 0.353 e. The maximum Gasteiger partial charge on any atom is 0.353 e. The van der Waals surface area contributed by atoms with Crippen molar-refractivity contribution in [1.82, 2.24) is 0 Å². The van der Waals surface area contributed by atoms with Crippen LogP contribution in [0.25, 0.3) is 0 Å². The van der Waals surface area contributed by atoms with Gasteiger partial charge in [0, 0.05) is 12.1 Å². The van der Waals surface area contributed by atoms with Crippen molar-refractivity contribution in [3.63, 3.8) is 0 Å². The topological polar surface area (TPSA) is 78.9 Å². The van der Waals surface area contributed by atoms with Gasteiger partial charge in [-0.3, -0.25) is 0 Å². The summed E-state index contributed by atoms with van der Waals surface area (Å²) < 4.78 is 20.4. The van der Waals surface area contributed by atoms with Crippen molar-refractivity contribution in [2.75, 3.05) is 14.2 Å². The predicted octanol–water partition coefficient (Wildman–Crippen LogP) is 2.38. The van der Waals surface area contributed by atoms with Crippen molar-refractivity contribution in [3.8, 4) is 11.5 Å². The lowest BCUT2D eigenvalue weighted by Crippen LogP contribution is -2.10. The van der Waals surface area contributed by atoms with E-state index in [1.54, 1.807) is 26.0 Å². The Morgan fingerprint density at radius 3 is 1.57 bits per heavy atom. The van der Waals surface area contributed by atoms with E-state index in [0.29, 0.717) is 23.0 Å². The summed E-state index contributed by atoms with van der Waals surface area (Å²) in [6.45, 7) is 3.28. The van der Waals surface area contributed by atoms with E-state index < -0.39 is 11.3 Å². The van der Waals surface area contributed by atoms with E-state index in [2.05, 4.69) is 0 Å². The minimum atomic E-state index is -0.584. The standard InChI is InChI=1S/C14H14O6S/c1-7-5-9(17-3)11(13(15)19-7)21-12-10(18-4)6-8(2)20-14(12)16/h5-6H,1-4H3. The molecule has 21 heavy (non-hydrogen) atoms. The molecule has 0 unspecified atom stereocenters. The Kier molecular flexibility index (Phi) is 4.42. The van der Waals surface area contributed by atoms with Crippen molar-refractivity contribution in [2.45, 2.75) is 23.6 Å². The van der Waals surface area contributed by atoms with E-state index >= 15 is 0 Å². The molecule has 6 nitrogen and oxygen atoms in total. The molecule has 7 heteroatoms. The van der Waals surface area contributed by atoms with Gasteiger partial charge in [-0.05, 0) is 13.8 Å². The van der Waals surface area contributed by atoms with E-state index in [-0.39, 0.29) is 9.79 Å². The average molecular weight is 310 g/mol. The van der Waals surface area contributed by atoms with Gasteiger partial charge in [0.25, 0.3) is 0 Å². The van der Waals surface area contributed by atoms with Crippen LogP contribution in [-0.4, -0.2) is 14.2 Å². The number of methoxy groups -OCH3 is 2. The highest BCUT2D eigenvalue weighted by Crippen LogP contribution is 2.36. The largest absolute Gasteiger partial charge is 0.495 e. The highest BCUT2D eigenvalue weighted by atomic mass is 32.2. The molecule has 0 saturated heterocycles. The molecule has 0 bridgehead atoms. The van der Waals surface area contributed by atoms with Crippen molar-refractivity contribution < 1.29 is 18.3 Å². The van der Waals surface area contributed by atoms with E-state index in [4.69, 9.17) is 18.3 Å². The summed E-state index contributed by atoms with van der Waals surface area (Å²) in [7, 11) is 2.88. The molecule has 0 fully saturated rings. The first kappa shape index (κ1) is 15.2. The number of rotatable bonds is 4. The fourth-order valence-corrected chi connectivity index (χ4v) is 2.67. The quantitative estimate of drug-likeness (QED) is 0.857. The Labute approximate surface area is 124 Å². The Bertz CT molecular complexity index is 709. The number of hydrogen-bond acceptors (Lipinski definition) is 7. The van der Waals surface area contributed by atoms with Gasteiger partial charge in [0.05, 0.1) is 14.2 Å². The molecular weight excluding hydrogens is 296 g/mol. The normalized spacial score (nSPS) is 10.5. The van der Waals surface area contributed by atoms with Crippen LogP contribution >= 0.6 is 11.8 Å². The van der Waals surface area contributed by atoms with Crippen LogP contribution in [0.5, 0.6) is 11.5 Å². The molecule has 2 heterocycles. The maximum atomic E-state index is 12.0. The van der Waals surface area contributed by atoms with Crippen molar-refractivity contribution in [1.29, 1.82) is 0 Å². The van der Waals surface area contributed by atoms with Crippen LogP contribution in [0.1, 0.15) is 11.5 Å². The SMILES string of the molecule is COc1cc(C)oc(=O)c1Sc1c(OC)cc(C)oc1=O. The zero-order chi connectivity index (χ0) is 15.6. The fourth-order valence-electron chi connectivity index (χ4n) is 1.73. The Morgan fingerprint density at radius 2 is 1.24 bits per heavy atom. The van der Waals surface area contributed by atoms with Crippen LogP contribution < -0.4 is 20.7 Å². The Balaban J connectivity index is 2.58. The molecule has 112 valence electrons. The van der Waals surface area contributed by atoms with Crippen LogP contribution in [0.3, 0.4) is 0 Å². The summed E-state index contributed by atoms with van der Waals surface area (Å²) in [5.41, 5.74) is -1.17. The summed E-state index contributed by atoms with van der Waals surface area (Å²) in [5.74, 6) is 1.50. The predicted molar refractivity (Wildman–Crippen MR) is 76.7 cm³/mol. The van der Waals surface area contributed by atoms with Gasteiger partial charge in [-0.25, -0.2) is 9.59 Å². The molecule has 0 radical (unpaired) electrons. The molecule has 0 amide bonds. The first-order chi connectivity index (χ1) is 9.96. The second kappa shape index (κ2) is 6.09. The van der Waals surface area contributed by atoms with Gasteiger partial charge in [-0.15, -0.1) is 0 Å². The molecule has 0 spiro atoms. The van der Waals surface area contributed by atoms with Gasteiger partial charge in [0.2, 0.25) is 0 Å². The molecule has 2 rings (SSSR count). The lowest BCUT2D eigenvalue weighted by molar-refractivity contribution is 0.375. The maximum absolute atomic E-state index is 12.0. The van der Waals surface area contributed by atoms with E-state index in [1.807, 2.05) is 0 Å². The first-order valence-corrected chi connectivity index (χ1v) is 6.83. The van der Waals surface area contributed by atoms with Gasteiger partial charge in [0.15, 0.2) is 0 Å². The van der Waals surface area contributed by atoms with Crippen LogP contribution in [0.2, 0.25) is 0 Å². The number of hydrogen-bond donors (Lipinski definition) is 0. The molecule has 2 aromatic heterocycles. The minimum Gasteiger partial charge on any atom is -0.495 e. The Morgan fingerprint density at radius 1 is 0.857 bits per heavy atom. The summed E-state index contributed by atoms with van der Waals surface area (Å²) in [4.78, 5) is 24.3. The average Bonchev–Trinajstić information content (AvgIpc) is 2.42. The van der Waals surface area contributed by atoms with Crippen molar-refractivity contribution in [3.05, 3.63) is 44.5 Å². The van der Waals surface area contributed by atoms with Crippen LogP contribution in [0.4, 0.5) is 0 Å². The van der Waals surface area contributed by atoms with Gasteiger partial charge >= 0.3 is 11.3 Å². The lowest BCUT2D eigenvalue weighted by atomic mass is 10.4. The summed E-state index contributed by atoms with van der Waals surface area (Å²) in [6.07, 6.45) is 0. The molecule has 2 aromatic rings. The van der Waals surface area contributed by atoms with Crippen LogP contribution in [0.15, 0.2) is 40.3 Å². The van der Waals surface area contributed by atoms with Gasteiger partial charge in [-0.1, -0.05) is 11.8 Å². The summed E-state index contributed by atoms with van der Waals surface area (Å²) in [6, 6.07) is 3.15. The highest BCUT2D eigenvalue weighted by Gasteiger charge is 2.19. The van der Waals surface area contributed by atoms with E-state index in [9.17, 15) is 9.59 Å². The molecular formula is C14H14O6S. The zero-order valence-corrected chi connectivity index (χ0v) is 12.8. The van der Waals surface area contributed by atoms with E-state index in [1.165, 1.54) is 14.2 Å². The number of ether oxygens (including phenoxy) is 2. The molecule has 0 N–H and O–H groups in total. The first-order valence-electron chi connectivity index (χ1n) is 6.01. The fraction of sp³-hybridized carbons (Fsp3) is 0.286. The summed E-state index contributed by atoms with van der Waals surface area (Å²) >= 11 is 0.898. The second-order valence-electron chi connectivity index (χ2n) is 4.19. The minimum absolute atomic E-state index is 0.164. The van der Waals surface area contributed by atoms with Gasteiger partial charge in [-0.2, -0.15) is 0 Å². The van der Waals surface area contributed by atoms with Crippen molar-refractivity contribution >= 4 is 11.8 Å². The zero-order valence-electron chi connectivity index (χ0n) is 12.0. The highest BCUT2D eigenvalue weighted by molar-refractivity contribution is 7.99. The second-order valence-corrected chi connectivity index (χ2v) is 5.21. The third-order valence-corrected chi connectivity index (χ3v) is 3.78. The van der Waals surface area contributed by atoms with Gasteiger partial charge in [0.1, 0.15) is 32.8 Å². The lowest BCUT2D eigenvalue weighted by Gasteiger charge is -2.09. The molecule has 0 saturated carbocycles. The molecule has 0 atom stereocenters. The Hall–Kier alpha value is -2.15. The van der Waals surface area contributed by atoms with E-state index in [0.717, 1.165) is 11.8 Å². The van der Waals surface area contributed by atoms with Crippen LogP contribution in [0, 0.1) is 13.8 Å². The molecule has 0 aliphatic carbocycles. The van der Waals surface area contributed by atoms with Crippen molar-refractivity contribution in [2.24, 2.45) is 0 Å². The third-order valence-electron chi connectivity index (χ3n) is 2.64. The van der Waals surface area contributed by atoms with Gasteiger partial charge < -0.3 is 18.3 Å². The monoisotopic (exact) mass is 310 g/mol. The molecule has 0 aliphatic heterocycles.